The summed E-state index contributed by atoms with van der Waals surface area (Å²) >= 11 is 0. The molecule has 2 fully saturated rings. The molecule has 5 nitrogen and oxygen atoms in total. The average Bonchev–Trinajstić information content (AvgIpc) is 2.82. The summed E-state index contributed by atoms with van der Waals surface area (Å²) in [5.41, 5.74) is 3.53. The topological polar surface area (TPSA) is 40.9 Å². The predicted octanol–water partition coefficient (Wildman–Crippen LogP) is 2.65. The second-order valence-corrected chi connectivity index (χ2v) is 7.43. The first-order valence-corrected chi connectivity index (χ1v) is 9.05. The van der Waals surface area contributed by atoms with Crippen LogP contribution in [-0.4, -0.2) is 56.8 Å². The quantitative estimate of drug-likeness (QED) is 0.852. The number of nitrogens with zero attached hydrogens (tertiary/aromatic N) is 4. The summed E-state index contributed by atoms with van der Waals surface area (Å²) in [5, 5.41) is 0. The molecular weight excluding hydrogens is 300 g/mol. The van der Waals surface area contributed by atoms with Crippen LogP contribution in [-0.2, 0) is 0 Å². The molecule has 2 aliphatic heterocycles. The Morgan fingerprint density at radius 1 is 1.21 bits per heavy atom. The molecule has 1 atom stereocenters. The summed E-state index contributed by atoms with van der Waals surface area (Å²) in [6.45, 7) is 9.17. The standard InChI is InChI=1S/C19H26N4O/c1-13-7-8-17-20-15(3)18(23(17)10-13)19(24)21-11-16(12-21)22-9-5-4-6-14(22)2/h7-8,10,14,16H,4-6,9,11-12H2,1-3H3/t14-/m1/s1. The van der Waals surface area contributed by atoms with Gasteiger partial charge in [0.05, 0.1) is 5.69 Å². The number of pyridine rings is 1. The van der Waals surface area contributed by atoms with Crippen molar-refractivity contribution in [2.75, 3.05) is 19.6 Å². The van der Waals surface area contributed by atoms with Gasteiger partial charge in [-0.25, -0.2) is 4.98 Å². The van der Waals surface area contributed by atoms with Crippen LogP contribution in [0, 0.1) is 13.8 Å². The highest BCUT2D eigenvalue weighted by Gasteiger charge is 2.38. The minimum Gasteiger partial charge on any atom is -0.334 e. The van der Waals surface area contributed by atoms with Crippen molar-refractivity contribution >= 4 is 11.6 Å². The van der Waals surface area contributed by atoms with Crippen LogP contribution in [0.2, 0.25) is 0 Å². The highest BCUT2D eigenvalue weighted by molar-refractivity contribution is 5.95. The Morgan fingerprint density at radius 3 is 2.75 bits per heavy atom. The van der Waals surface area contributed by atoms with Crippen molar-refractivity contribution in [1.29, 1.82) is 0 Å². The molecule has 2 aromatic rings. The molecule has 128 valence electrons. The average molecular weight is 326 g/mol. The number of aromatic nitrogens is 2. The number of aryl methyl sites for hydroxylation is 2. The molecule has 1 amide bonds. The van der Waals surface area contributed by atoms with Crippen molar-refractivity contribution in [3.05, 3.63) is 35.3 Å². The highest BCUT2D eigenvalue weighted by atomic mass is 16.2. The van der Waals surface area contributed by atoms with Crippen molar-refractivity contribution in [1.82, 2.24) is 19.2 Å². The molecule has 0 bridgehead atoms. The number of hydrogen-bond acceptors (Lipinski definition) is 3. The van der Waals surface area contributed by atoms with Gasteiger partial charge in [-0.05, 0) is 51.8 Å². The van der Waals surface area contributed by atoms with Crippen molar-refractivity contribution in [3.8, 4) is 0 Å². The number of carbonyl (C=O) groups excluding carboxylic acids is 1. The van der Waals surface area contributed by atoms with Crippen LogP contribution < -0.4 is 0 Å². The zero-order valence-corrected chi connectivity index (χ0v) is 14.8. The second-order valence-electron chi connectivity index (χ2n) is 7.43. The molecule has 4 rings (SSSR count). The first kappa shape index (κ1) is 15.6. The van der Waals surface area contributed by atoms with Gasteiger partial charge >= 0.3 is 0 Å². The SMILES string of the molecule is Cc1ccc2nc(C)c(C(=O)N3CC(N4CCCC[C@H]4C)C3)n2c1. The fourth-order valence-corrected chi connectivity index (χ4v) is 4.17. The lowest BCUT2D eigenvalue weighted by molar-refractivity contribution is 0.00171. The molecule has 5 heteroatoms. The second kappa shape index (κ2) is 5.88. The first-order valence-electron chi connectivity index (χ1n) is 9.05. The zero-order valence-electron chi connectivity index (χ0n) is 14.8. The van der Waals surface area contributed by atoms with E-state index in [0.717, 1.165) is 35.7 Å². The molecule has 0 spiro atoms. The molecule has 0 aromatic carbocycles. The van der Waals surface area contributed by atoms with E-state index >= 15 is 0 Å². The van der Waals surface area contributed by atoms with Crippen LogP contribution in [0.15, 0.2) is 18.3 Å². The molecule has 2 saturated heterocycles. The Balaban J connectivity index is 1.52. The van der Waals surface area contributed by atoms with Gasteiger partial charge in [0.2, 0.25) is 0 Å². The van der Waals surface area contributed by atoms with Gasteiger partial charge < -0.3 is 4.90 Å². The van der Waals surface area contributed by atoms with E-state index in [1.807, 2.05) is 41.5 Å². The molecule has 24 heavy (non-hydrogen) atoms. The molecule has 0 radical (unpaired) electrons. The van der Waals surface area contributed by atoms with E-state index in [1.165, 1.54) is 25.8 Å². The lowest BCUT2D eigenvalue weighted by Crippen LogP contribution is -2.63. The van der Waals surface area contributed by atoms with E-state index in [9.17, 15) is 4.79 Å². The lowest BCUT2D eigenvalue weighted by atomic mass is 9.97. The number of piperidine rings is 1. The zero-order chi connectivity index (χ0) is 16.8. The maximum absolute atomic E-state index is 13.0. The molecule has 0 aliphatic carbocycles. The van der Waals surface area contributed by atoms with Crippen LogP contribution in [0.25, 0.3) is 5.65 Å². The predicted molar refractivity (Wildman–Crippen MR) is 94.4 cm³/mol. The summed E-state index contributed by atoms with van der Waals surface area (Å²) in [6.07, 6.45) is 5.93. The van der Waals surface area contributed by atoms with E-state index < -0.39 is 0 Å². The number of hydrogen-bond donors (Lipinski definition) is 0. The number of carbonyl (C=O) groups is 1. The monoisotopic (exact) mass is 326 g/mol. The molecule has 4 heterocycles. The van der Waals surface area contributed by atoms with Crippen LogP contribution in [0.4, 0.5) is 0 Å². The largest absolute Gasteiger partial charge is 0.334 e. The molecule has 2 aromatic heterocycles. The Morgan fingerprint density at radius 2 is 2.00 bits per heavy atom. The first-order chi connectivity index (χ1) is 11.5. The third-order valence-electron chi connectivity index (χ3n) is 5.62. The Kier molecular flexibility index (Phi) is 3.83. The van der Waals surface area contributed by atoms with E-state index in [-0.39, 0.29) is 5.91 Å². The van der Waals surface area contributed by atoms with Crippen LogP contribution in [0.5, 0.6) is 0 Å². The smallest absolute Gasteiger partial charge is 0.272 e. The van der Waals surface area contributed by atoms with Crippen LogP contribution in [0.3, 0.4) is 0 Å². The summed E-state index contributed by atoms with van der Waals surface area (Å²) in [4.78, 5) is 22.1. The summed E-state index contributed by atoms with van der Waals surface area (Å²) in [5.74, 6) is 0.117. The minimum atomic E-state index is 0.117. The number of amides is 1. The van der Waals surface area contributed by atoms with Gasteiger partial charge in [-0.1, -0.05) is 12.5 Å². The van der Waals surface area contributed by atoms with Crippen molar-refractivity contribution in [3.63, 3.8) is 0 Å². The van der Waals surface area contributed by atoms with Gasteiger partial charge in [-0.2, -0.15) is 0 Å². The van der Waals surface area contributed by atoms with E-state index in [1.54, 1.807) is 0 Å². The third kappa shape index (κ3) is 2.51. The van der Waals surface area contributed by atoms with Crippen LogP contribution >= 0.6 is 0 Å². The van der Waals surface area contributed by atoms with Gasteiger partial charge in [-0.15, -0.1) is 0 Å². The molecular formula is C19H26N4O. The number of imidazole rings is 1. The van der Waals surface area contributed by atoms with Crippen LogP contribution in [0.1, 0.15) is 47.9 Å². The molecule has 2 aliphatic rings. The fraction of sp³-hybridized carbons (Fsp3) is 0.579. The van der Waals surface area contributed by atoms with Gasteiger partial charge in [0, 0.05) is 31.4 Å². The minimum absolute atomic E-state index is 0.117. The normalized spacial score (nSPS) is 22.8. The Hall–Kier alpha value is -1.88. The van der Waals surface area contributed by atoms with E-state index in [0.29, 0.717) is 12.1 Å². The number of likely N-dealkylation sites (tertiary alicyclic amines) is 2. The third-order valence-corrected chi connectivity index (χ3v) is 5.62. The summed E-state index contributed by atoms with van der Waals surface area (Å²) in [7, 11) is 0. The number of rotatable bonds is 2. The maximum Gasteiger partial charge on any atom is 0.272 e. The molecule has 0 unspecified atom stereocenters. The number of fused-ring (bicyclic) bond motifs is 1. The van der Waals surface area contributed by atoms with E-state index in [2.05, 4.69) is 16.8 Å². The Labute approximate surface area is 143 Å². The molecule has 0 saturated carbocycles. The maximum atomic E-state index is 13.0. The van der Waals surface area contributed by atoms with Gasteiger partial charge in [0.25, 0.3) is 5.91 Å². The van der Waals surface area contributed by atoms with E-state index in [4.69, 9.17) is 0 Å². The summed E-state index contributed by atoms with van der Waals surface area (Å²) < 4.78 is 1.95. The lowest BCUT2D eigenvalue weighted by Gasteiger charge is -2.49. The molecule has 0 N–H and O–H groups in total. The van der Waals surface area contributed by atoms with Crippen molar-refractivity contribution in [2.24, 2.45) is 0 Å². The van der Waals surface area contributed by atoms with Gasteiger partial charge in [0.15, 0.2) is 0 Å². The van der Waals surface area contributed by atoms with Crippen molar-refractivity contribution in [2.45, 2.75) is 52.1 Å². The Bertz CT molecular complexity index is 775. The van der Waals surface area contributed by atoms with Gasteiger partial charge in [0.1, 0.15) is 11.3 Å². The highest BCUT2D eigenvalue weighted by Crippen LogP contribution is 2.26. The summed E-state index contributed by atoms with van der Waals surface area (Å²) in [6, 6.07) is 5.20. The van der Waals surface area contributed by atoms with Crippen molar-refractivity contribution < 1.29 is 4.79 Å². The fourth-order valence-electron chi connectivity index (χ4n) is 4.17. The van der Waals surface area contributed by atoms with Gasteiger partial charge in [-0.3, -0.25) is 14.1 Å².